The van der Waals surface area contributed by atoms with Crippen LogP contribution in [-0.4, -0.2) is 39.5 Å². The fourth-order valence-corrected chi connectivity index (χ4v) is 4.88. The molecule has 2 aromatic carbocycles. The third kappa shape index (κ3) is 4.76. The second kappa shape index (κ2) is 8.12. The predicted molar refractivity (Wildman–Crippen MR) is 109 cm³/mol. The number of piperidine rings is 1. The van der Waals surface area contributed by atoms with Crippen molar-refractivity contribution in [1.29, 1.82) is 0 Å². The van der Waals surface area contributed by atoms with Crippen LogP contribution in [0.25, 0.3) is 0 Å². The third-order valence-electron chi connectivity index (χ3n) is 5.34. The Kier molecular flexibility index (Phi) is 5.56. The number of rotatable bonds is 6. The number of halogens is 1. The number of sulfonamides is 1. The standard InChI is InChI=1S/C21H24FN3O3S/c22-15-5-9-18(10-6-15)29(27,28)24-17-11-13-25(14-12-17)20-4-2-1-3-19(20)21(26)23-16-7-8-16/h1-6,9-10,16-17,24H,7-8,11-14H2,(H,23,26). The number of benzene rings is 2. The minimum Gasteiger partial charge on any atom is -0.371 e. The highest BCUT2D eigenvalue weighted by Crippen LogP contribution is 2.26. The first kappa shape index (κ1) is 19.8. The molecule has 2 aromatic rings. The minimum absolute atomic E-state index is 0.0535. The molecular weight excluding hydrogens is 393 g/mol. The summed E-state index contributed by atoms with van der Waals surface area (Å²) < 4.78 is 40.8. The molecule has 8 heteroatoms. The molecule has 0 spiro atoms. The normalized spacial score (nSPS) is 17.9. The Balaban J connectivity index is 1.40. The molecule has 0 aromatic heterocycles. The summed E-state index contributed by atoms with van der Waals surface area (Å²) >= 11 is 0. The van der Waals surface area contributed by atoms with E-state index in [9.17, 15) is 17.6 Å². The van der Waals surface area contributed by atoms with Crippen LogP contribution in [0, 0.1) is 5.82 Å². The van der Waals surface area contributed by atoms with Crippen molar-refractivity contribution in [2.24, 2.45) is 0 Å². The van der Waals surface area contributed by atoms with Gasteiger partial charge in [-0.25, -0.2) is 17.5 Å². The molecule has 29 heavy (non-hydrogen) atoms. The van der Waals surface area contributed by atoms with Crippen LogP contribution in [0.4, 0.5) is 10.1 Å². The molecule has 2 N–H and O–H groups in total. The van der Waals surface area contributed by atoms with Gasteiger partial charge in [-0.15, -0.1) is 0 Å². The molecule has 1 saturated carbocycles. The van der Waals surface area contributed by atoms with Crippen LogP contribution in [-0.2, 0) is 10.0 Å². The molecule has 0 atom stereocenters. The zero-order valence-corrected chi connectivity index (χ0v) is 16.8. The van der Waals surface area contributed by atoms with E-state index in [2.05, 4.69) is 14.9 Å². The van der Waals surface area contributed by atoms with E-state index in [0.717, 1.165) is 30.7 Å². The van der Waals surface area contributed by atoms with Crippen molar-refractivity contribution in [3.63, 3.8) is 0 Å². The zero-order chi connectivity index (χ0) is 20.4. The van der Waals surface area contributed by atoms with E-state index in [1.807, 2.05) is 24.3 Å². The van der Waals surface area contributed by atoms with Crippen LogP contribution in [0.2, 0.25) is 0 Å². The molecule has 1 aliphatic carbocycles. The van der Waals surface area contributed by atoms with Crippen molar-refractivity contribution in [1.82, 2.24) is 10.0 Å². The van der Waals surface area contributed by atoms with E-state index >= 15 is 0 Å². The topological polar surface area (TPSA) is 78.5 Å². The maximum Gasteiger partial charge on any atom is 0.253 e. The molecule has 0 radical (unpaired) electrons. The van der Waals surface area contributed by atoms with Gasteiger partial charge in [-0.1, -0.05) is 12.1 Å². The third-order valence-corrected chi connectivity index (χ3v) is 6.88. The lowest BCUT2D eigenvalue weighted by Crippen LogP contribution is -2.45. The number of hydrogen-bond acceptors (Lipinski definition) is 4. The number of nitrogens with zero attached hydrogens (tertiary/aromatic N) is 1. The molecule has 4 rings (SSSR count). The number of nitrogens with one attached hydrogen (secondary N) is 2. The Labute approximate surface area is 170 Å². The van der Waals surface area contributed by atoms with E-state index < -0.39 is 15.8 Å². The van der Waals surface area contributed by atoms with Crippen LogP contribution in [0.1, 0.15) is 36.0 Å². The van der Waals surface area contributed by atoms with Crippen molar-refractivity contribution >= 4 is 21.6 Å². The Morgan fingerprint density at radius 2 is 1.59 bits per heavy atom. The average molecular weight is 418 g/mol. The maximum absolute atomic E-state index is 13.1. The highest BCUT2D eigenvalue weighted by Gasteiger charge is 2.28. The number of anilines is 1. The number of hydrogen-bond donors (Lipinski definition) is 2. The van der Waals surface area contributed by atoms with E-state index in [4.69, 9.17) is 0 Å². The van der Waals surface area contributed by atoms with Crippen molar-refractivity contribution in [3.8, 4) is 0 Å². The highest BCUT2D eigenvalue weighted by molar-refractivity contribution is 7.89. The van der Waals surface area contributed by atoms with Gasteiger partial charge in [0.25, 0.3) is 5.91 Å². The smallest absolute Gasteiger partial charge is 0.253 e. The Morgan fingerprint density at radius 1 is 0.931 bits per heavy atom. The lowest BCUT2D eigenvalue weighted by molar-refractivity contribution is 0.0951. The quantitative estimate of drug-likeness (QED) is 0.758. The molecule has 1 saturated heterocycles. The first-order chi connectivity index (χ1) is 13.9. The van der Waals surface area contributed by atoms with Gasteiger partial charge in [-0.3, -0.25) is 4.79 Å². The molecule has 2 fully saturated rings. The van der Waals surface area contributed by atoms with Gasteiger partial charge < -0.3 is 10.2 Å². The van der Waals surface area contributed by atoms with Gasteiger partial charge >= 0.3 is 0 Å². The molecule has 1 aliphatic heterocycles. The molecule has 1 amide bonds. The van der Waals surface area contributed by atoms with Crippen molar-refractivity contribution < 1.29 is 17.6 Å². The second-order valence-electron chi connectivity index (χ2n) is 7.60. The van der Waals surface area contributed by atoms with E-state index in [-0.39, 0.29) is 16.8 Å². The van der Waals surface area contributed by atoms with Gasteiger partial charge in [0.15, 0.2) is 0 Å². The summed E-state index contributed by atoms with van der Waals surface area (Å²) in [6.07, 6.45) is 3.32. The van der Waals surface area contributed by atoms with Gasteiger partial charge in [-0.05, 0) is 62.1 Å². The van der Waals surface area contributed by atoms with Gasteiger partial charge in [0.2, 0.25) is 10.0 Å². The summed E-state index contributed by atoms with van der Waals surface area (Å²) in [6.45, 7) is 1.29. The molecule has 0 bridgehead atoms. The predicted octanol–water partition coefficient (Wildman–Crippen LogP) is 2.67. The Morgan fingerprint density at radius 3 is 2.24 bits per heavy atom. The lowest BCUT2D eigenvalue weighted by Gasteiger charge is -2.34. The fourth-order valence-electron chi connectivity index (χ4n) is 3.57. The average Bonchev–Trinajstić information content (AvgIpc) is 3.53. The number of para-hydroxylation sites is 1. The van der Waals surface area contributed by atoms with Crippen molar-refractivity contribution in [2.75, 3.05) is 18.0 Å². The molecule has 0 unspecified atom stereocenters. The molecule has 2 aliphatic rings. The Hall–Kier alpha value is -2.45. The van der Waals surface area contributed by atoms with Crippen molar-refractivity contribution in [3.05, 3.63) is 59.9 Å². The SMILES string of the molecule is O=C(NC1CC1)c1ccccc1N1CCC(NS(=O)(=O)c2ccc(F)cc2)CC1. The monoisotopic (exact) mass is 417 g/mol. The lowest BCUT2D eigenvalue weighted by atomic mass is 10.0. The van der Waals surface area contributed by atoms with Crippen LogP contribution in [0.15, 0.2) is 53.4 Å². The summed E-state index contributed by atoms with van der Waals surface area (Å²) in [5.74, 6) is -0.524. The number of carbonyl (C=O) groups is 1. The Bertz CT molecular complexity index is 982. The summed E-state index contributed by atoms with van der Waals surface area (Å²) in [7, 11) is -3.69. The first-order valence-electron chi connectivity index (χ1n) is 9.85. The number of carbonyl (C=O) groups excluding carboxylic acids is 1. The van der Waals surface area contributed by atoms with Crippen LogP contribution in [0.5, 0.6) is 0 Å². The number of amides is 1. The van der Waals surface area contributed by atoms with E-state index in [1.165, 1.54) is 12.1 Å². The maximum atomic E-state index is 13.1. The summed E-state index contributed by atoms with van der Waals surface area (Å²) in [5, 5.41) is 3.03. The van der Waals surface area contributed by atoms with E-state index in [0.29, 0.717) is 37.5 Å². The minimum atomic E-state index is -3.69. The van der Waals surface area contributed by atoms with Gasteiger partial charge in [0.1, 0.15) is 5.82 Å². The summed E-state index contributed by atoms with van der Waals surface area (Å²) in [5.41, 5.74) is 1.54. The van der Waals surface area contributed by atoms with Gasteiger partial charge in [-0.2, -0.15) is 0 Å². The summed E-state index contributed by atoms with van der Waals surface area (Å²) in [6, 6.07) is 12.4. The molecule has 154 valence electrons. The second-order valence-corrected chi connectivity index (χ2v) is 9.32. The highest BCUT2D eigenvalue weighted by atomic mass is 32.2. The first-order valence-corrected chi connectivity index (χ1v) is 11.3. The van der Waals surface area contributed by atoms with E-state index in [1.54, 1.807) is 0 Å². The molecule has 1 heterocycles. The van der Waals surface area contributed by atoms with Gasteiger partial charge in [0.05, 0.1) is 10.5 Å². The van der Waals surface area contributed by atoms with Crippen LogP contribution >= 0.6 is 0 Å². The van der Waals surface area contributed by atoms with Gasteiger partial charge in [0, 0.05) is 30.9 Å². The van der Waals surface area contributed by atoms with Crippen molar-refractivity contribution in [2.45, 2.75) is 42.7 Å². The largest absolute Gasteiger partial charge is 0.371 e. The summed E-state index contributed by atoms with van der Waals surface area (Å²) in [4.78, 5) is 14.7. The van der Waals surface area contributed by atoms with Crippen LogP contribution < -0.4 is 14.9 Å². The van der Waals surface area contributed by atoms with Crippen LogP contribution in [0.3, 0.4) is 0 Å². The zero-order valence-electron chi connectivity index (χ0n) is 16.0. The fraction of sp³-hybridized carbons (Fsp3) is 0.381. The molecular formula is C21H24FN3O3S. The molecule has 6 nitrogen and oxygen atoms in total.